The van der Waals surface area contributed by atoms with Crippen molar-refractivity contribution in [2.75, 3.05) is 7.11 Å². The number of rotatable bonds is 8. The summed E-state index contributed by atoms with van der Waals surface area (Å²) in [6.07, 6.45) is 3.90. The van der Waals surface area contributed by atoms with Crippen LogP contribution in [0.25, 0.3) is 0 Å². The molecule has 2 rings (SSSR count). The van der Waals surface area contributed by atoms with Crippen molar-refractivity contribution < 1.29 is 19.1 Å². The van der Waals surface area contributed by atoms with Crippen molar-refractivity contribution in [3.05, 3.63) is 29.8 Å². The normalized spacial score (nSPS) is 20.0. The van der Waals surface area contributed by atoms with Crippen molar-refractivity contribution in [3.63, 3.8) is 0 Å². The van der Waals surface area contributed by atoms with E-state index in [2.05, 4.69) is 12.2 Å². The predicted molar refractivity (Wildman–Crippen MR) is 82.4 cm³/mol. The van der Waals surface area contributed by atoms with Crippen molar-refractivity contribution in [1.29, 1.82) is 0 Å². The molecular weight excluding hydrogens is 282 g/mol. The summed E-state index contributed by atoms with van der Waals surface area (Å²) in [6.45, 7) is 2.32. The molecule has 0 saturated carbocycles. The summed E-state index contributed by atoms with van der Waals surface area (Å²) < 4.78 is 10.4. The van der Waals surface area contributed by atoms with Gasteiger partial charge in [0.05, 0.1) is 13.0 Å². The molecule has 0 aliphatic carbocycles. The summed E-state index contributed by atoms with van der Waals surface area (Å²) in [6, 6.07) is 6.86. The maximum Gasteiger partial charge on any atom is 0.329 e. The Morgan fingerprint density at radius 3 is 2.55 bits per heavy atom. The topological polar surface area (TPSA) is 64.6 Å². The smallest absolute Gasteiger partial charge is 0.329 e. The Labute approximate surface area is 131 Å². The quantitative estimate of drug-likeness (QED) is 0.455. The van der Waals surface area contributed by atoms with Gasteiger partial charge < -0.3 is 14.8 Å². The minimum Gasteiger partial charge on any atom is -0.497 e. The van der Waals surface area contributed by atoms with E-state index >= 15 is 0 Å². The van der Waals surface area contributed by atoms with Gasteiger partial charge in [-0.1, -0.05) is 38.3 Å². The number of benzene rings is 1. The van der Waals surface area contributed by atoms with Crippen molar-refractivity contribution in [2.45, 2.75) is 45.3 Å². The lowest BCUT2D eigenvalue weighted by Gasteiger charge is -2.34. The highest BCUT2D eigenvalue weighted by molar-refractivity contribution is 5.97. The van der Waals surface area contributed by atoms with E-state index in [-0.39, 0.29) is 24.4 Å². The van der Waals surface area contributed by atoms with E-state index in [1.807, 2.05) is 24.3 Å². The first kappa shape index (κ1) is 16.3. The van der Waals surface area contributed by atoms with Crippen molar-refractivity contribution >= 4 is 11.9 Å². The summed E-state index contributed by atoms with van der Waals surface area (Å²) >= 11 is 0. The monoisotopic (exact) mass is 305 g/mol. The summed E-state index contributed by atoms with van der Waals surface area (Å²) in [5, 5.41) is 2.64. The Hall–Kier alpha value is -2.04. The van der Waals surface area contributed by atoms with Crippen LogP contribution in [0.2, 0.25) is 0 Å². The highest BCUT2D eigenvalue weighted by Gasteiger charge is 2.44. The Morgan fingerprint density at radius 1 is 1.23 bits per heavy atom. The lowest BCUT2D eigenvalue weighted by atomic mass is 9.86. The number of methoxy groups -OCH3 is 1. The van der Waals surface area contributed by atoms with E-state index in [0.717, 1.165) is 37.0 Å². The van der Waals surface area contributed by atoms with Gasteiger partial charge in [-0.2, -0.15) is 0 Å². The van der Waals surface area contributed by atoms with E-state index in [9.17, 15) is 9.59 Å². The minimum absolute atomic E-state index is 0.0394. The first-order valence-electron chi connectivity index (χ1n) is 7.75. The molecule has 0 spiro atoms. The Bertz CT molecular complexity index is 512. The van der Waals surface area contributed by atoms with E-state index in [4.69, 9.17) is 9.47 Å². The van der Waals surface area contributed by atoms with Crippen LogP contribution in [-0.2, 0) is 20.9 Å². The van der Waals surface area contributed by atoms with Crippen LogP contribution < -0.4 is 10.1 Å². The summed E-state index contributed by atoms with van der Waals surface area (Å²) in [5.41, 5.74) is 0.891. The molecule has 0 aromatic heterocycles. The zero-order chi connectivity index (χ0) is 15.9. The first-order valence-corrected chi connectivity index (χ1v) is 7.75. The summed E-state index contributed by atoms with van der Waals surface area (Å²) in [7, 11) is 1.60. The lowest BCUT2D eigenvalue weighted by molar-refractivity contribution is -0.159. The van der Waals surface area contributed by atoms with Crippen LogP contribution in [0, 0.1) is 5.92 Å². The molecule has 1 aliphatic heterocycles. The second-order valence-corrected chi connectivity index (χ2v) is 5.54. The number of hydrogen-bond acceptors (Lipinski definition) is 4. The number of carbonyl (C=O) groups is 2. The average molecular weight is 305 g/mol. The fourth-order valence-electron chi connectivity index (χ4n) is 2.52. The molecule has 120 valence electrons. The fraction of sp³-hybridized carbons (Fsp3) is 0.529. The van der Waals surface area contributed by atoms with Gasteiger partial charge >= 0.3 is 5.97 Å². The van der Waals surface area contributed by atoms with Gasteiger partial charge in [-0.25, -0.2) is 4.79 Å². The second-order valence-electron chi connectivity index (χ2n) is 5.54. The number of nitrogens with one attached hydrogen (secondary N) is 1. The maximum atomic E-state index is 12.0. The molecule has 22 heavy (non-hydrogen) atoms. The number of amides is 1. The van der Waals surface area contributed by atoms with Crippen LogP contribution in [0.3, 0.4) is 0 Å². The van der Waals surface area contributed by atoms with Gasteiger partial charge in [-0.05, 0) is 24.1 Å². The number of β-lactam (4-membered cyclic amide) rings is 1. The number of carbonyl (C=O) groups excluding carboxylic acids is 2. The number of ether oxygens (including phenoxy) is 2. The van der Waals surface area contributed by atoms with E-state index in [1.54, 1.807) is 7.11 Å². The van der Waals surface area contributed by atoms with Crippen LogP contribution in [0.5, 0.6) is 5.75 Å². The standard InChI is InChI=1S/C17H23NO4/c1-3-4-5-6-14-15(18-16(14)19)17(20)22-11-12-7-9-13(21-2)10-8-12/h7-10,14-15H,3-6,11H2,1-2H3,(H,18,19)/t14-,15+/m1/s1. The maximum absolute atomic E-state index is 12.0. The predicted octanol–water partition coefficient (Wildman–Crippen LogP) is 2.43. The molecule has 1 saturated heterocycles. The van der Waals surface area contributed by atoms with Gasteiger partial charge in [0.2, 0.25) is 5.91 Å². The molecule has 1 amide bonds. The van der Waals surface area contributed by atoms with Crippen LogP contribution in [-0.4, -0.2) is 25.0 Å². The molecule has 1 fully saturated rings. The SMILES string of the molecule is CCCCC[C@H]1C(=O)N[C@@H]1C(=O)OCc1ccc(OC)cc1. The zero-order valence-corrected chi connectivity index (χ0v) is 13.1. The molecular formula is C17H23NO4. The van der Waals surface area contributed by atoms with Crippen LogP contribution in [0.4, 0.5) is 0 Å². The largest absolute Gasteiger partial charge is 0.497 e. The molecule has 0 radical (unpaired) electrons. The third-order valence-electron chi connectivity index (χ3n) is 3.95. The van der Waals surface area contributed by atoms with Crippen molar-refractivity contribution in [1.82, 2.24) is 5.32 Å². The molecule has 5 heteroatoms. The second kappa shape index (κ2) is 7.82. The molecule has 1 aromatic carbocycles. The van der Waals surface area contributed by atoms with Crippen molar-refractivity contribution in [2.24, 2.45) is 5.92 Å². The Balaban J connectivity index is 1.79. The van der Waals surface area contributed by atoms with Gasteiger partial charge in [-0.3, -0.25) is 4.79 Å². The third-order valence-corrected chi connectivity index (χ3v) is 3.95. The lowest BCUT2D eigenvalue weighted by Crippen LogP contribution is -2.62. The minimum atomic E-state index is -0.484. The number of unbranched alkanes of at least 4 members (excludes halogenated alkanes) is 2. The highest BCUT2D eigenvalue weighted by atomic mass is 16.5. The molecule has 2 atom stereocenters. The van der Waals surface area contributed by atoms with Gasteiger partial charge in [0, 0.05) is 0 Å². The average Bonchev–Trinajstić information content (AvgIpc) is 2.54. The Morgan fingerprint density at radius 2 is 1.95 bits per heavy atom. The molecule has 0 bridgehead atoms. The molecule has 1 aliphatic rings. The van der Waals surface area contributed by atoms with Crippen LogP contribution in [0.1, 0.15) is 38.2 Å². The molecule has 0 unspecified atom stereocenters. The summed E-state index contributed by atoms with van der Waals surface area (Å²) in [4.78, 5) is 23.6. The molecule has 1 aromatic rings. The van der Waals surface area contributed by atoms with E-state index < -0.39 is 6.04 Å². The van der Waals surface area contributed by atoms with Gasteiger partial charge in [0.15, 0.2) is 0 Å². The first-order chi connectivity index (χ1) is 10.7. The third kappa shape index (κ3) is 4.00. The van der Waals surface area contributed by atoms with E-state index in [1.165, 1.54) is 0 Å². The van der Waals surface area contributed by atoms with Crippen molar-refractivity contribution in [3.8, 4) is 5.75 Å². The fourth-order valence-corrected chi connectivity index (χ4v) is 2.52. The molecule has 5 nitrogen and oxygen atoms in total. The number of esters is 1. The number of hydrogen-bond donors (Lipinski definition) is 1. The molecule has 1 heterocycles. The highest BCUT2D eigenvalue weighted by Crippen LogP contribution is 2.23. The van der Waals surface area contributed by atoms with Gasteiger partial charge in [0.25, 0.3) is 0 Å². The zero-order valence-electron chi connectivity index (χ0n) is 13.1. The van der Waals surface area contributed by atoms with Gasteiger partial charge in [-0.15, -0.1) is 0 Å². The van der Waals surface area contributed by atoms with E-state index in [0.29, 0.717) is 0 Å². The van der Waals surface area contributed by atoms with Crippen LogP contribution >= 0.6 is 0 Å². The van der Waals surface area contributed by atoms with Crippen LogP contribution in [0.15, 0.2) is 24.3 Å². The Kier molecular flexibility index (Phi) is 5.81. The summed E-state index contributed by atoms with van der Waals surface area (Å²) in [5.74, 6) is 0.145. The molecule has 1 N–H and O–H groups in total. The van der Waals surface area contributed by atoms with Gasteiger partial charge in [0.1, 0.15) is 18.4 Å².